The van der Waals surface area contributed by atoms with Gasteiger partial charge in [0, 0.05) is 11.5 Å². The Morgan fingerprint density at radius 2 is 1.84 bits per heavy atom. The maximum absolute atomic E-state index is 4.65. The zero-order valence-corrected chi connectivity index (χ0v) is 14.8. The zero-order chi connectivity index (χ0) is 14.3. The summed E-state index contributed by atoms with van der Waals surface area (Å²) < 4.78 is 0. The molecule has 0 saturated heterocycles. The van der Waals surface area contributed by atoms with Gasteiger partial charge in [0.15, 0.2) is 0 Å². The first kappa shape index (κ1) is 16.5. The molecule has 3 heteroatoms. The molecule has 0 aliphatic heterocycles. The van der Waals surface area contributed by atoms with Gasteiger partial charge in [0.25, 0.3) is 0 Å². The Morgan fingerprint density at radius 3 is 2.37 bits per heavy atom. The summed E-state index contributed by atoms with van der Waals surface area (Å²) in [6.45, 7) is 12.6. The minimum absolute atomic E-state index is 0.693. The third-order valence-electron chi connectivity index (χ3n) is 2.76. The van der Waals surface area contributed by atoms with Gasteiger partial charge in [-0.3, -0.25) is 4.99 Å². The lowest BCUT2D eigenvalue weighted by Gasteiger charge is -2.22. The van der Waals surface area contributed by atoms with Gasteiger partial charge in [0.2, 0.25) is 0 Å². The van der Waals surface area contributed by atoms with Crippen LogP contribution in [0.25, 0.3) is 0 Å². The fraction of sp³-hybridized carbons (Fsp3) is 0.562. The summed E-state index contributed by atoms with van der Waals surface area (Å²) in [6.07, 6.45) is 4.55. The minimum Gasteiger partial charge on any atom is -0.291 e. The Kier molecular flexibility index (Phi) is 6.87. The first-order chi connectivity index (χ1) is 8.90. The molecule has 0 aliphatic rings. The van der Waals surface area contributed by atoms with Crippen molar-refractivity contribution in [2.24, 2.45) is 4.99 Å². The summed E-state index contributed by atoms with van der Waals surface area (Å²) in [4.78, 5) is 4.65. The topological polar surface area (TPSA) is 12.4 Å². The molecule has 0 saturated carbocycles. The Bertz CT molecular complexity index is 392. The molecular formula is C16H27NSSi. The maximum Gasteiger partial charge on any atom is 0.108 e. The minimum atomic E-state index is -1.05. The predicted molar refractivity (Wildman–Crippen MR) is 93.3 cm³/mol. The van der Waals surface area contributed by atoms with E-state index in [0.29, 0.717) is 5.25 Å². The lowest BCUT2D eigenvalue weighted by molar-refractivity contribution is 0.748. The largest absolute Gasteiger partial charge is 0.291 e. The van der Waals surface area contributed by atoms with Crippen molar-refractivity contribution in [3.05, 3.63) is 35.4 Å². The molecule has 1 rings (SSSR count). The van der Waals surface area contributed by atoms with Gasteiger partial charge in [-0.25, -0.2) is 0 Å². The van der Waals surface area contributed by atoms with Crippen LogP contribution in [0.2, 0.25) is 19.6 Å². The van der Waals surface area contributed by atoms with E-state index in [4.69, 9.17) is 0 Å². The molecule has 19 heavy (non-hydrogen) atoms. The average molecular weight is 294 g/mol. The van der Waals surface area contributed by atoms with E-state index >= 15 is 0 Å². The van der Waals surface area contributed by atoms with Crippen LogP contribution in [-0.2, 0) is 0 Å². The van der Waals surface area contributed by atoms with Crippen molar-refractivity contribution < 1.29 is 0 Å². The second-order valence-electron chi connectivity index (χ2n) is 6.05. The molecule has 0 amide bonds. The molecule has 1 atom stereocenters. The van der Waals surface area contributed by atoms with Crippen LogP contribution in [0, 0.1) is 6.92 Å². The summed E-state index contributed by atoms with van der Waals surface area (Å²) in [5, 5.41) is 0.693. The van der Waals surface area contributed by atoms with Gasteiger partial charge >= 0.3 is 0 Å². The molecule has 0 bridgehead atoms. The fourth-order valence-corrected chi connectivity index (χ4v) is 7.03. The lowest BCUT2D eigenvalue weighted by atomic mass is 10.2. The quantitative estimate of drug-likeness (QED) is 0.500. The normalized spacial score (nSPS) is 13.9. The monoisotopic (exact) mass is 293 g/mol. The standard InChI is InChI=1S/C16H27NSSi/c1-6-7-16(18-19(3,4)5)13-17-12-15-10-8-14(2)9-11-15/h8-12,16H,6-7,13H2,1-5H3/b17-12+. The number of hydrogen-bond acceptors (Lipinski definition) is 2. The Labute approximate surface area is 123 Å². The van der Waals surface area contributed by atoms with Crippen LogP contribution in [-0.4, -0.2) is 25.2 Å². The van der Waals surface area contributed by atoms with E-state index < -0.39 is 7.22 Å². The molecule has 0 N–H and O–H groups in total. The SMILES string of the molecule is CCCC(C/N=C/c1ccc(C)cc1)S[Si](C)(C)C. The van der Waals surface area contributed by atoms with Gasteiger partial charge in [-0.05, 0) is 18.9 Å². The van der Waals surface area contributed by atoms with Crippen LogP contribution in [0.1, 0.15) is 30.9 Å². The summed E-state index contributed by atoms with van der Waals surface area (Å²) in [5.41, 5.74) is 2.51. The summed E-state index contributed by atoms with van der Waals surface area (Å²) >= 11 is 2.19. The smallest absolute Gasteiger partial charge is 0.108 e. The first-order valence-electron chi connectivity index (χ1n) is 7.15. The summed E-state index contributed by atoms with van der Waals surface area (Å²) in [6, 6.07) is 8.56. The highest BCUT2D eigenvalue weighted by Crippen LogP contribution is 2.27. The molecule has 0 aliphatic carbocycles. The van der Waals surface area contributed by atoms with E-state index in [0.717, 1.165) is 6.54 Å². The molecule has 1 aromatic rings. The van der Waals surface area contributed by atoms with E-state index in [9.17, 15) is 0 Å². The van der Waals surface area contributed by atoms with Crippen molar-refractivity contribution in [2.75, 3.05) is 6.54 Å². The van der Waals surface area contributed by atoms with Gasteiger partial charge < -0.3 is 0 Å². The highest BCUT2D eigenvalue weighted by molar-refractivity contribution is 8.29. The van der Waals surface area contributed by atoms with Gasteiger partial charge in [-0.15, -0.1) is 0 Å². The lowest BCUT2D eigenvalue weighted by Crippen LogP contribution is -2.22. The number of aryl methyl sites for hydroxylation is 1. The van der Waals surface area contributed by atoms with Gasteiger partial charge in [0.05, 0.1) is 6.54 Å². The van der Waals surface area contributed by atoms with Crippen LogP contribution in [0.3, 0.4) is 0 Å². The van der Waals surface area contributed by atoms with Gasteiger partial charge in [-0.2, -0.15) is 11.2 Å². The van der Waals surface area contributed by atoms with E-state index in [1.54, 1.807) is 0 Å². The van der Waals surface area contributed by atoms with Crippen molar-refractivity contribution in [2.45, 2.75) is 51.6 Å². The second-order valence-corrected chi connectivity index (χ2v) is 15.6. The molecule has 0 heterocycles. The van der Waals surface area contributed by atoms with Crippen molar-refractivity contribution in [1.29, 1.82) is 0 Å². The molecule has 0 aromatic heterocycles. The maximum atomic E-state index is 4.65. The van der Waals surface area contributed by atoms with E-state index in [1.165, 1.54) is 24.0 Å². The number of nitrogens with zero attached hydrogens (tertiary/aromatic N) is 1. The van der Waals surface area contributed by atoms with Crippen LogP contribution < -0.4 is 0 Å². The Morgan fingerprint density at radius 1 is 1.21 bits per heavy atom. The van der Waals surface area contributed by atoms with Gasteiger partial charge in [0.1, 0.15) is 7.22 Å². The average Bonchev–Trinajstić information content (AvgIpc) is 2.30. The molecule has 106 valence electrons. The number of benzene rings is 1. The highest BCUT2D eigenvalue weighted by Gasteiger charge is 2.19. The third kappa shape index (κ3) is 7.58. The van der Waals surface area contributed by atoms with Crippen molar-refractivity contribution in [3.8, 4) is 0 Å². The molecule has 0 radical (unpaired) electrons. The number of hydrogen-bond donors (Lipinski definition) is 0. The predicted octanol–water partition coefficient (Wildman–Crippen LogP) is 5.15. The number of aliphatic imine (C=N–C) groups is 1. The van der Waals surface area contributed by atoms with Crippen LogP contribution in [0.15, 0.2) is 29.3 Å². The van der Waals surface area contributed by atoms with Crippen LogP contribution in [0.5, 0.6) is 0 Å². The van der Waals surface area contributed by atoms with Crippen LogP contribution in [0.4, 0.5) is 0 Å². The molecular weight excluding hydrogens is 266 g/mol. The molecule has 0 fully saturated rings. The Hall–Kier alpha value is -0.543. The van der Waals surface area contributed by atoms with E-state index in [1.807, 2.05) is 6.21 Å². The van der Waals surface area contributed by atoms with Crippen LogP contribution >= 0.6 is 11.2 Å². The van der Waals surface area contributed by atoms with Gasteiger partial charge in [-0.1, -0.05) is 62.8 Å². The molecule has 1 aromatic carbocycles. The molecule has 0 spiro atoms. The molecule has 1 nitrogen and oxygen atoms in total. The molecule has 1 unspecified atom stereocenters. The van der Waals surface area contributed by atoms with Crippen molar-refractivity contribution in [3.63, 3.8) is 0 Å². The number of rotatable bonds is 7. The highest BCUT2D eigenvalue weighted by atomic mass is 32.4. The van der Waals surface area contributed by atoms with Crippen molar-refractivity contribution >= 4 is 24.6 Å². The first-order valence-corrected chi connectivity index (χ1v) is 12.3. The van der Waals surface area contributed by atoms with E-state index in [-0.39, 0.29) is 0 Å². The summed E-state index contributed by atoms with van der Waals surface area (Å²) in [5.74, 6) is 0. The second kappa shape index (κ2) is 7.90. The van der Waals surface area contributed by atoms with Crippen molar-refractivity contribution in [1.82, 2.24) is 0 Å². The summed E-state index contributed by atoms with van der Waals surface area (Å²) in [7, 11) is -1.05. The Balaban J connectivity index is 2.53. The fourth-order valence-electron chi connectivity index (χ4n) is 1.94. The third-order valence-corrected chi connectivity index (χ3v) is 7.30. The van der Waals surface area contributed by atoms with E-state index in [2.05, 4.69) is 74.0 Å². The zero-order valence-electron chi connectivity index (χ0n) is 12.9.